The third-order valence-corrected chi connectivity index (χ3v) is 4.93. The summed E-state index contributed by atoms with van der Waals surface area (Å²) in [5, 5.41) is 4.87. The molecule has 0 unspecified atom stereocenters. The van der Waals surface area contributed by atoms with Crippen molar-refractivity contribution < 1.29 is 4.79 Å². The molecule has 0 aliphatic heterocycles. The highest BCUT2D eigenvalue weighted by Gasteiger charge is 2.15. The van der Waals surface area contributed by atoms with Crippen LogP contribution in [0.25, 0.3) is 33.4 Å². The van der Waals surface area contributed by atoms with Crippen LogP contribution in [0.1, 0.15) is 0 Å². The van der Waals surface area contributed by atoms with Gasteiger partial charge in [0.25, 0.3) is 0 Å². The summed E-state index contributed by atoms with van der Waals surface area (Å²) in [5.41, 5.74) is 4.90. The number of hydrogen-bond acceptors (Lipinski definition) is 2. The van der Waals surface area contributed by atoms with E-state index in [2.05, 4.69) is 21.9 Å². The molecule has 0 atom stereocenters. The highest BCUT2D eigenvalue weighted by Crippen LogP contribution is 2.36. The Morgan fingerprint density at radius 3 is 2.71 bits per heavy atom. The largest absolute Gasteiger partial charge is 0.354 e. The first-order valence-electron chi connectivity index (χ1n) is 8.48. The van der Waals surface area contributed by atoms with E-state index in [1.165, 1.54) is 6.08 Å². The molecule has 1 amide bonds. The normalized spacial score (nSPS) is 11.0. The van der Waals surface area contributed by atoms with Crippen molar-refractivity contribution in [2.75, 3.05) is 5.32 Å². The van der Waals surface area contributed by atoms with Crippen molar-refractivity contribution in [2.45, 2.75) is 0 Å². The average Bonchev–Trinajstić information content (AvgIpc) is 3.27. The first-order valence-corrected chi connectivity index (χ1v) is 9.24. The SMILES string of the molecule is C=CC(=O)Nc1cc(-c2cn(C)cn2)c2[nH]c(-c3ccc(Cl)cc3Cl)cc2c1. The maximum atomic E-state index is 11.8. The van der Waals surface area contributed by atoms with Gasteiger partial charge >= 0.3 is 0 Å². The molecule has 0 saturated heterocycles. The van der Waals surface area contributed by atoms with Crippen molar-refractivity contribution in [1.82, 2.24) is 14.5 Å². The van der Waals surface area contributed by atoms with Gasteiger partial charge in [-0.1, -0.05) is 29.8 Å². The molecule has 140 valence electrons. The zero-order chi connectivity index (χ0) is 19.8. The number of carbonyl (C=O) groups is 1. The van der Waals surface area contributed by atoms with Gasteiger partial charge in [-0.05, 0) is 42.5 Å². The molecule has 0 saturated carbocycles. The fourth-order valence-electron chi connectivity index (χ4n) is 3.12. The van der Waals surface area contributed by atoms with Crippen LogP contribution in [0.3, 0.4) is 0 Å². The lowest BCUT2D eigenvalue weighted by atomic mass is 10.1. The number of aromatic nitrogens is 3. The van der Waals surface area contributed by atoms with Crippen LogP contribution >= 0.6 is 23.2 Å². The van der Waals surface area contributed by atoms with Crippen LogP contribution in [0.2, 0.25) is 10.0 Å². The van der Waals surface area contributed by atoms with Gasteiger partial charge in [0.2, 0.25) is 5.91 Å². The van der Waals surface area contributed by atoms with Gasteiger partial charge in [-0.15, -0.1) is 0 Å². The van der Waals surface area contributed by atoms with Gasteiger partial charge < -0.3 is 14.9 Å². The monoisotopic (exact) mass is 410 g/mol. The Morgan fingerprint density at radius 2 is 2.04 bits per heavy atom. The molecule has 2 N–H and O–H groups in total. The summed E-state index contributed by atoms with van der Waals surface area (Å²) >= 11 is 12.4. The van der Waals surface area contributed by atoms with E-state index < -0.39 is 0 Å². The second-order valence-corrected chi connectivity index (χ2v) is 7.26. The molecule has 4 rings (SSSR count). The minimum absolute atomic E-state index is 0.275. The number of nitrogens with zero attached hydrogens (tertiary/aromatic N) is 2. The van der Waals surface area contributed by atoms with Crippen molar-refractivity contribution in [2.24, 2.45) is 7.05 Å². The summed E-state index contributed by atoms with van der Waals surface area (Å²) in [6.07, 6.45) is 4.89. The van der Waals surface area contributed by atoms with Crippen molar-refractivity contribution in [3.8, 4) is 22.5 Å². The highest BCUT2D eigenvalue weighted by atomic mass is 35.5. The van der Waals surface area contributed by atoms with Crippen LogP contribution in [0.5, 0.6) is 0 Å². The Hall–Kier alpha value is -3.02. The molecule has 0 fully saturated rings. The lowest BCUT2D eigenvalue weighted by molar-refractivity contribution is -0.111. The van der Waals surface area contributed by atoms with E-state index in [1.807, 2.05) is 42.1 Å². The molecule has 7 heteroatoms. The van der Waals surface area contributed by atoms with Crippen LogP contribution in [-0.4, -0.2) is 20.4 Å². The molecule has 28 heavy (non-hydrogen) atoms. The van der Waals surface area contributed by atoms with Crippen molar-refractivity contribution >= 4 is 45.7 Å². The first-order chi connectivity index (χ1) is 13.4. The number of halogens is 2. The van der Waals surface area contributed by atoms with E-state index in [9.17, 15) is 4.79 Å². The van der Waals surface area contributed by atoms with E-state index in [0.29, 0.717) is 15.7 Å². The van der Waals surface area contributed by atoms with Crippen molar-refractivity contribution in [1.29, 1.82) is 0 Å². The quantitative estimate of drug-likeness (QED) is 0.425. The second kappa shape index (κ2) is 7.19. The number of hydrogen-bond donors (Lipinski definition) is 2. The molecule has 2 heterocycles. The lowest BCUT2D eigenvalue weighted by Gasteiger charge is -2.07. The molecule has 2 aromatic carbocycles. The molecule has 0 spiro atoms. The smallest absolute Gasteiger partial charge is 0.247 e. The number of aryl methyl sites for hydroxylation is 1. The fourth-order valence-corrected chi connectivity index (χ4v) is 3.63. The summed E-state index contributed by atoms with van der Waals surface area (Å²) in [4.78, 5) is 19.7. The molecule has 4 aromatic rings. The number of anilines is 1. The Balaban J connectivity index is 1.92. The number of amides is 1. The van der Waals surface area contributed by atoms with Gasteiger partial charge in [0.1, 0.15) is 0 Å². The molecular weight excluding hydrogens is 395 g/mol. The Kier molecular flexibility index (Phi) is 4.71. The third-order valence-electron chi connectivity index (χ3n) is 4.38. The fraction of sp³-hybridized carbons (Fsp3) is 0.0476. The van der Waals surface area contributed by atoms with E-state index in [-0.39, 0.29) is 5.91 Å². The van der Waals surface area contributed by atoms with Gasteiger partial charge in [0.15, 0.2) is 0 Å². The van der Waals surface area contributed by atoms with Gasteiger partial charge in [0.05, 0.1) is 22.6 Å². The summed E-state index contributed by atoms with van der Waals surface area (Å²) in [7, 11) is 1.91. The van der Waals surface area contributed by atoms with Crippen LogP contribution in [0.4, 0.5) is 5.69 Å². The standard InChI is InChI=1S/C21H16Cl2N4O/c1-3-20(28)25-14-6-12-7-18(15-5-4-13(22)8-17(15)23)26-21(12)16(9-14)19-10-27(2)11-24-19/h3-11,26H,1H2,2H3,(H,25,28). The predicted molar refractivity (Wildman–Crippen MR) is 115 cm³/mol. The van der Waals surface area contributed by atoms with E-state index in [0.717, 1.165) is 33.4 Å². The molecule has 0 aliphatic carbocycles. The van der Waals surface area contributed by atoms with Crippen LogP contribution in [0.15, 0.2) is 61.6 Å². The number of H-pyrrole nitrogens is 1. The predicted octanol–water partition coefficient (Wildman–Crippen LogP) is 5.67. The topological polar surface area (TPSA) is 62.7 Å². The van der Waals surface area contributed by atoms with Gasteiger partial charge in [-0.25, -0.2) is 4.98 Å². The number of aromatic amines is 1. The molecular formula is C21H16Cl2N4O. The zero-order valence-corrected chi connectivity index (χ0v) is 16.5. The maximum absolute atomic E-state index is 11.8. The minimum Gasteiger partial charge on any atom is -0.354 e. The van der Waals surface area contributed by atoms with Crippen LogP contribution in [-0.2, 0) is 11.8 Å². The molecule has 0 bridgehead atoms. The molecule has 0 aliphatic rings. The first kappa shape index (κ1) is 18.3. The second-order valence-electron chi connectivity index (χ2n) is 6.41. The highest BCUT2D eigenvalue weighted by molar-refractivity contribution is 6.36. The van der Waals surface area contributed by atoms with Crippen molar-refractivity contribution in [3.05, 3.63) is 71.6 Å². The van der Waals surface area contributed by atoms with Crippen molar-refractivity contribution in [3.63, 3.8) is 0 Å². The molecule has 0 radical (unpaired) electrons. The van der Waals surface area contributed by atoms with Gasteiger partial charge in [-0.3, -0.25) is 4.79 Å². The van der Waals surface area contributed by atoms with Crippen LogP contribution < -0.4 is 5.32 Å². The van der Waals surface area contributed by atoms with Gasteiger partial charge in [0, 0.05) is 46.2 Å². The zero-order valence-electron chi connectivity index (χ0n) is 15.0. The minimum atomic E-state index is -0.275. The number of fused-ring (bicyclic) bond motifs is 1. The van der Waals surface area contributed by atoms with Crippen LogP contribution in [0, 0.1) is 0 Å². The van der Waals surface area contributed by atoms with E-state index in [1.54, 1.807) is 18.5 Å². The third kappa shape index (κ3) is 3.42. The lowest BCUT2D eigenvalue weighted by Crippen LogP contribution is -2.07. The number of benzene rings is 2. The maximum Gasteiger partial charge on any atom is 0.247 e. The average molecular weight is 411 g/mol. The summed E-state index contributed by atoms with van der Waals surface area (Å²) in [5.74, 6) is -0.275. The Morgan fingerprint density at radius 1 is 1.21 bits per heavy atom. The van der Waals surface area contributed by atoms with E-state index >= 15 is 0 Å². The Labute approximate surface area is 171 Å². The van der Waals surface area contributed by atoms with E-state index in [4.69, 9.17) is 23.2 Å². The molecule has 5 nitrogen and oxygen atoms in total. The van der Waals surface area contributed by atoms with Gasteiger partial charge in [-0.2, -0.15) is 0 Å². The molecule has 2 aromatic heterocycles. The number of rotatable bonds is 4. The summed E-state index contributed by atoms with van der Waals surface area (Å²) in [6.45, 7) is 3.50. The summed E-state index contributed by atoms with van der Waals surface area (Å²) < 4.78 is 1.87. The Bertz CT molecular complexity index is 1220. The number of nitrogens with one attached hydrogen (secondary N) is 2. The number of carbonyl (C=O) groups excluding carboxylic acids is 1. The number of imidazole rings is 1. The summed E-state index contributed by atoms with van der Waals surface area (Å²) in [6, 6.07) is 11.1.